The van der Waals surface area contributed by atoms with Gasteiger partial charge in [-0.15, -0.1) is 0 Å². The summed E-state index contributed by atoms with van der Waals surface area (Å²) in [6.45, 7) is 1.57. The lowest BCUT2D eigenvalue weighted by Gasteiger charge is -2.18. The highest BCUT2D eigenvalue weighted by Gasteiger charge is 2.17. The van der Waals surface area contributed by atoms with Crippen molar-refractivity contribution in [2.24, 2.45) is 0 Å². The Morgan fingerprint density at radius 1 is 1.11 bits per heavy atom. The van der Waals surface area contributed by atoms with Crippen LogP contribution in [0.2, 0.25) is 0 Å². The Morgan fingerprint density at radius 2 is 1.86 bits per heavy atom. The second-order valence-electron chi connectivity index (χ2n) is 6.06. The molecule has 0 unspecified atom stereocenters. The Kier molecular flexibility index (Phi) is 5.73. The van der Waals surface area contributed by atoms with Crippen molar-refractivity contribution in [1.82, 2.24) is 25.1 Å². The van der Waals surface area contributed by atoms with Crippen LogP contribution in [0.3, 0.4) is 0 Å². The molecule has 28 heavy (non-hydrogen) atoms. The SMILES string of the molecule is COc1ccc(OC)c([C@H](C)NC(=O)Cn2nnn(-c3ccccc3)c2=O)c1. The molecule has 0 spiro atoms. The van der Waals surface area contributed by atoms with Gasteiger partial charge in [0, 0.05) is 5.56 Å². The first-order valence-corrected chi connectivity index (χ1v) is 8.63. The van der Waals surface area contributed by atoms with Crippen LogP contribution in [0, 0.1) is 0 Å². The van der Waals surface area contributed by atoms with Gasteiger partial charge in [0.2, 0.25) is 5.91 Å². The molecule has 3 rings (SSSR count). The van der Waals surface area contributed by atoms with Gasteiger partial charge in [-0.3, -0.25) is 4.79 Å². The maximum absolute atomic E-state index is 12.4. The number of aromatic nitrogens is 4. The van der Waals surface area contributed by atoms with Crippen molar-refractivity contribution in [2.45, 2.75) is 19.5 Å². The fraction of sp³-hybridized carbons (Fsp3) is 0.263. The molecule has 9 heteroatoms. The number of ether oxygens (including phenoxy) is 2. The van der Waals surface area contributed by atoms with Crippen molar-refractivity contribution >= 4 is 5.91 Å². The molecule has 0 aliphatic carbocycles. The summed E-state index contributed by atoms with van der Waals surface area (Å²) in [6.07, 6.45) is 0. The molecule has 1 atom stereocenters. The number of benzene rings is 2. The second kappa shape index (κ2) is 8.38. The van der Waals surface area contributed by atoms with E-state index in [4.69, 9.17) is 9.47 Å². The zero-order valence-electron chi connectivity index (χ0n) is 15.8. The standard InChI is InChI=1S/C19H21N5O4/c1-13(16-11-15(27-2)9-10-17(16)28-3)20-18(25)12-23-19(26)24(22-21-23)14-7-5-4-6-8-14/h4-11,13H,12H2,1-3H3,(H,20,25)/t13-/m0/s1. The summed E-state index contributed by atoms with van der Waals surface area (Å²) in [5, 5.41) is 10.4. The highest BCUT2D eigenvalue weighted by molar-refractivity contribution is 5.76. The largest absolute Gasteiger partial charge is 0.497 e. The number of tetrazole rings is 1. The van der Waals surface area contributed by atoms with E-state index < -0.39 is 5.69 Å². The lowest BCUT2D eigenvalue weighted by molar-refractivity contribution is -0.122. The van der Waals surface area contributed by atoms with Gasteiger partial charge >= 0.3 is 5.69 Å². The zero-order chi connectivity index (χ0) is 20.1. The van der Waals surface area contributed by atoms with Gasteiger partial charge in [-0.25, -0.2) is 4.79 Å². The Bertz CT molecular complexity index is 1010. The topological polar surface area (TPSA) is 100 Å². The minimum atomic E-state index is -0.493. The number of hydrogen-bond acceptors (Lipinski definition) is 6. The number of methoxy groups -OCH3 is 2. The number of amides is 1. The monoisotopic (exact) mass is 383 g/mol. The van der Waals surface area contributed by atoms with Gasteiger partial charge in [0.25, 0.3) is 0 Å². The van der Waals surface area contributed by atoms with Gasteiger partial charge in [0.15, 0.2) is 0 Å². The lowest BCUT2D eigenvalue weighted by Crippen LogP contribution is -2.34. The van der Waals surface area contributed by atoms with Crippen LogP contribution in [0.5, 0.6) is 11.5 Å². The Balaban J connectivity index is 1.73. The fourth-order valence-electron chi connectivity index (χ4n) is 2.78. The lowest BCUT2D eigenvalue weighted by atomic mass is 10.1. The van der Waals surface area contributed by atoms with E-state index in [1.54, 1.807) is 56.7 Å². The summed E-state index contributed by atoms with van der Waals surface area (Å²) in [7, 11) is 3.12. The van der Waals surface area contributed by atoms with E-state index in [9.17, 15) is 9.59 Å². The van der Waals surface area contributed by atoms with Crippen LogP contribution in [-0.2, 0) is 11.3 Å². The molecule has 2 aromatic carbocycles. The maximum atomic E-state index is 12.4. The molecule has 0 aliphatic rings. The normalized spacial score (nSPS) is 11.7. The summed E-state index contributed by atoms with van der Waals surface area (Å²) in [5.74, 6) is 0.902. The first kappa shape index (κ1) is 19.2. The molecular weight excluding hydrogens is 362 g/mol. The van der Waals surface area contributed by atoms with Crippen molar-refractivity contribution in [3.63, 3.8) is 0 Å². The fourth-order valence-corrected chi connectivity index (χ4v) is 2.78. The molecule has 0 fully saturated rings. The molecule has 0 saturated carbocycles. The summed E-state index contributed by atoms with van der Waals surface area (Å²) in [4.78, 5) is 24.9. The third-order valence-corrected chi connectivity index (χ3v) is 4.21. The van der Waals surface area contributed by atoms with Crippen LogP contribution in [0.4, 0.5) is 0 Å². The maximum Gasteiger partial charge on any atom is 0.368 e. The van der Waals surface area contributed by atoms with E-state index in [2.05, 4.69) is 15.7 Å². The van der Waals surface area contributed by atoms with Crippen LogP contribution in [0.15, 0.2) is 53.3 Å². The molecule has 0 radical (unpaired) electrons. The number of carbonyl (C=O) groups is 1. The highest BCUT2D eigenvalue weighted by atomic mass is 16.5. The number of para-hydroxylation sites is 1. The first-order valence-electron chi connectivity index (χ1n) is 8.63. The first-order chi connectivity index (χ1) is 13.5. The Labute approximate surface area is 161 Å². The van der Waals surface area contributed by atoms with Crippen LogP contribution < -0.4 is 20.5 Å². The third-order valence-electron chi connectivity index (χ3n) is 4.21. The van der Waals surface area contributed by atoms with Crippen LogP contribution in [-0.4, -0.2) is 39.9 Å². The average Bonchev–Trinajstić information content (AvgIpc) is 3.08. The highest BCUT2D eigenvalue weighted by Crippen LogP contribution is 2.29. The van der Waals surface area contributed by atoms with Gasteiger partial charge in [-0.1, -0.05) is 18.2 Å². The summed E-state index contributed by atoms with van der Waals surface area (Å²) < 4.78 is 12.7. The van der Waals surface area contributed by atoms with Crippen LogP contribution in [0.25, 0.3) is 5.69 Å². The summed E-state index contributed by atoms with van der Waals surface area (Å²) in [5.41, 5.74) is 0.845. The van der Waals surface area contributed by atoms with E-state index in [0.29, 0.717) is 17.2 Å². The van der Waals surface area contributed by atoms with Gasteiger partial charge in [0.05, 0.1) is 25.9 Å². The molecule has 1 aromatic heterocycles. The number of rotatable bonds is 7. The van der Waals surface area contributed by atoms with Crippen LogP contribution in [0.1, 0.15) is 18.5 Å². The average molecular weight is 383 g/mol. The molecule has 0 saturated heterocycles. The molecule has 1 heterocycles. The van der Waals surface area contributed by atoms with Crippen molar-refractivity contribution in [3.8, 4) is 17.2 Å². The van der Waals surface area contributed by atoms with E-state index >= 15 is 0 Å². The summed E-state index contributed by atoms with van der Waals surface area (Å²) >= 11 is 0. The van der Waals surface area contributed by atoms with Crippen LogP contribution >= 0.6 is 0 Å². The minimum absolute atomic E-state index is 0.248. The predicted octanol–water partition coefficient (Wildman–Crippen LogP) is 1.32. The van der Waals surface area contributed by atoms with Gasteiger partial charge in [0.1, 0.15) is 18.0 Å². The number of nitrogens with one attached hydrogen (secondary N) is 1. The second-order valence-corrected chi connectivity index (χ2v) is 6.06. The Morgan fingerprint density at radius 3 is 2.54 bits per heavy atom. The van der Waals surface area contributed by atoms with Gasteiger partial charge in [-0.05, 0) is 47.7 Å². The van der Waals surface area contributed by atoms with Crippen molar-refractivity contribution in [2.75, 3.05) is 14.2 Å². The number of carbonyl (C=O) groups excluding carboxylic acids is 1. The van der Waals surface area contributed by atoms with E-state index in [0.717, 1.165) is 14.9 Å². The smallest absolute Gasteiger partial charge is 0.368 e. The third kappa shape index (κ3) is 4.03. The van der Waals surface area contributed by atoms with E-state index in [1.165, 1.54) is 0 Å². The Hall–Kier alpha value is -3.62. The number of nitrogens with zero attached hydrogens (tertiary/aromatic N) is 4. The molecular formula is C19H21N5O4. The number of hydrogen-bond donors (Lipinski definition) is 1. The molecule has 146 valence electrons. The molecule has 1 N–H and O–H groups in total. The van der Waals surface area contributed by atoms with E-state index in [-0.39, 0.29) is 18.5 Å². The van der Waals surface area contributed by atoms with Gasteiger partial charge < -0.3 is 14.8 Å². The van der Waals surface area contributed by atoms with Crippen molar-refractivity contribution in [3.05, 3.63) is 64.6 Å². The zero-order valence-corrected chi connectivity index (χ0v) is 15.8. The minimum Gasteiger partial charge on any atom is -0.497 e. The van der Waals surface area contributed by atoms with Crippen molar-refractivity contribution < 1.29 is 14.3 Å². The molecule has 3 aromatic rings. The predicted molar refractivity (Wildman–Crippen MR) is 102 cm³/mol. The van der Waals surface area contributed by atoms with Crippen molar-refractivity contribution in [1.29, 1.82) is 0 Å². The molecule has 1 amide bonds. The molecule has 0 aliphatic heterocycles. The quantitative estimate of drug-likeness (QED) is 0.661. The molecule has 0 bridgehead atoms. The summed E-state index contributed by atoms with van der Waals surface area (Å²) in [6, 6.07) is 13.9. The molecule has 9 nitrogen and oxygen atoms in total. The van der Waals surface area contributed by atoms with E-state index in [1.807, 2.05) is 13.0 Å². The van der Waals surface area contributed by atoms with Gasteiger partial charge in [-0.2, -0.15) is 9.36 Å².